The van der Waals surface area contributed by atoms with Crippen LogP contribution in [0, 0.1) is 0 Å². The third kappa shape index (κ3) is 3.22. The van der Waals surface area contributed by atoms with Crippen molar-refractivity contribution in [2.45, 2.75) is 4.90 Å². The molecular formula is C17H17NO2S. The van der Waals surface area contributed by atoms with Gasteiger partial charge in [0.15, 0.2) is 6.29 Å². The Hall–Kier alpha value is -1.94. The van der Waals surface area contributed by atoms with Crippen LogP contribution in [-0.4, -0.2) is 31.7 Å². The van der Waals surface area contributed by atoms with Crippen molar-refractivity contribution in [3.8, 4) is 5.75 Å². The van der Waals surface area contributed by atoms with Gasteiger partial charge in [-0.15, -0.1) is 11.8 Å². The molecule has 3 nitrogen and oxygen atoms in total. The average Bonchev–Trinajstić information content (AvgIpc) is 2.55. The second kappa shape index (κ2) is 6.68. The molecule has 0 aromatic heterocycles. The lowest BCUT2D eigenvalue weighted by atomic mass is 10.2. The smallest absolute Gasteiger partial charge is 0.151 e. The zero-order valence-corrected chi connectivity index (χ0v) is 12.5. The van der Waals surface area contributed by atoms with E-state index in [0.717, 1.165) is 47.0 Å². The Balaban J connectivity index is 1.67. The second-order valence-electron chi connectivity index (χ2n) is 4.81. The first kappa shape index (κ1) is 14.0. The Kier molecular flexibility index (Phi) is 4.46. The SMILES string of the molecule is O=Cc1cccc2c1SCCN2CCOc1ccccc1. The Morgan fingerprint density at radius 3 is 2.81 bits per heavy atom. The first-order valence-electron chi connectivity index (χ1n) is 7.02. The number of hydrogen-bond donors (Lipinski definition) is 0. The first-order valence-corrected chi connectivity index (χ1v) is 8.01. The van der Waals surface area contributed by atoms with E-state index in [4.69, 9.17) is 4.74 Å². The van der Waals surface area contributed by atoms with E-state index in [9.17, 15) is 4.79 Å². The fourth-order valence-electron chi connectivity index (χ4n) is 2.44. The van der Waals surface area contributed by atoms with Crippen molar-refractivity contribution in [1.82, 2.24) is 0 Å². The lowest BCUT2D eigenvalue weighted by Gasteiger charge is -2.31. The summed E-state index contributed by atoms with van der Waals surface area (Å²) < 4.78 is 5.76. The van der Waals surface area contributed by atoms with Gasteiger partial charge < -0.3 is 9.64 Å². The van der Waals surface area contributed by atoms with E-state index in [0.29, 0.717) is 6.61 Å². The molecule has 0 unspecified atom stereocenters. The predicted octanol–water partition coefficient (Wildman–Crippen LogP) is 3.49. The lowest BCUT2D eigenvalue weighted by molar-refractivity contribution is 0.112. The van der Waals surface area contributed by atoms with Gasteiger partial charge in [0.25, 0.3) is 0 Å². The summed E-state index contributed by atoms with van der Waals surface area (Å²) in [5, 5.41) is 0. The first-order chi connectivity index (χ1) is 10.4. The van der Waals surface area contributed by atoms with Gasteiger partial charge in [-0.25, -0.2) is 0 Å². The number of fused-ring (bicyclic) bond motifs is 1. The molecule has 0 amide bonds. The number of anilines is 1. The number of benzene rings is 2. The van der Waals surface area contributed by atoms with Crippen molar-refractivity contribution in [3.05, 3.63) is 54.1 Å². The van der Waals surface area contributed by atoms with Crippen LogP contribution in [0.1, 0.15) is 10.4 Å². The van der Waals surface area contributed by atoms with Gasteiger partial charge in [0.1, 0.15) is 12.4 Å². The number of ether oxygens (including phenoxy) is 1. The monoisotopic (exact) mass is 299 g/mol. The Bertz CT molecular complexity index is 615. The molecule has 21 heavy (non-hydrogen) atoms. The highest BCUT2D eigenvalue weighted by molar-refractivity contribution is 7.99. The number of carbonyl (C=O) groups excluding carboxylic acids is 1. The molecule has 0 fully saturated rings. The summed E-state index contributed by atoms with van der Waals surface area (Å²) in [4.78, 5) is 14.5. The molecule has 0 aliphatic carbocycles. The maximum Gasteiger partial charge on any atom is 0.151 e. The molecule has 2 aromatic rings. The largest absolute Gasteiger partial charge is 0.492 e. The molecule has 0 N–H and O–H groups in total. The maximum absolute atomic E-state index is 11.1. The Labute approximate surface area is 128 Å². The van der Waals surface area contributed by atoms with Gasteiger partial charge in [-0.2, -0.15) is 0 Å². The minimum atomic E-state index is 0.638. The molecule has 1 aliphatic heterocycles. The van der Waals surface area contributed by atoms with Crippen molar-refractivity contribution in [3.63, 3.8) is 0 Å². The van der Waals surface area contributed by atoms with Gasteiger partial charge in [0.05, 0.1) is 12.2 Å². The van der Waals surface area contributed by atoms with E-state index in [1.165, 1.54) is 0 Å². The Morgan fingerprint density at radius 1 is 1.14 bits per heavy atom. The van der Waals surface area contributed by atoms with Crippen LogP contribution in [0.5, 0.6) is 5.75 Å². The van der Waals surface area contributed by atoms with Crippen LogP contribution in [0.15, 0.2) is 53.4 Å². The molecular weight excluding hydrogens is 282 g/mol. The number of thioether (sulfide) groups is 1. The minimum Gasteiger partial charge on any atom is -0.492 e. The molecule has 2 aromatic carbocycles. The van der Waals surface area contributed by atoms with Crippen LogP contribution in [0.4, 0.5) is 5.69 Å². The summed E-state index contributed by atoms with van der Waals surface area (Å²) in [6, 6.07) is 15.7. The molecule has 1 heterocycles. The average molecular weight is 299 g/mol. The van der Waals surface area contributed by atoms with Gasteiger partial charge in [-0.1, -0.05) is 30.3 Å². The van der Waals surface area contributed by atoms with Gasteiger partial charge in [-0.05, 0) is 18.2 Å². The third-order valence-electron chi connectivity index (χ3n) is 3.47. The highest BCUT2D eigenvalue weighted by atomic mass is 32.2. The quantitative estimate of drug-likeness (QED) is 0.790. The topological polar surface area (TPSA) is 29.5 Å². The van der Waals surface area contributed by atoms with Crippen molar-refractivity contribution in [2.75, 3.05) is 30.3 Å². The van der Waals surface area contributed by atoms with Crippen LogP contribution in [0.3, 0.4) is 0 Å². The molecule has 4 heteroatoms. The molecule has 0 atom stereocenters. The number of hydrogen-bond acceptors (Lipinski definition) is 4. The molecule has 1 aliphatic rings. The van der Waals surface area contributed by atoms with Gasteiger partial charge in [0.2, 0.25) is 0 Å². The lowest BCUT2D eigenvalue weighted by Crippen LogP contribution is -2.33. The number of rotatable bonds is 5. The second-order valence-corrected chi connectivity index (χ2v) is 5.92. The molecule has 3 rings (SSSR count). The molecule has 0 radical (unpaired) electrons. The van der Waals surface area contributed by atoms with E-state index < -0.39 is 0 Å². The van der Waals surface area contributed by atoms with E-state index in [1.807, 2.05) is 42.5 Å². The minimum absolute atomic E-state index is 0.638. The van der Waals surface area contributed by atoms with E-state index in [2.05, 4.69) is 11.0 Å². The van der Waals surface area contributed by atoms with Crippen LogP contribution in [0.25, 0.3) is 0 Å². The van der Waals surface area contributed by atoms with Crippen LogP contribution < -0.4 is 9.64 Å². The van der Waals surface area contributed by atoms with Crippen LogP contribution in [0.2, 0.25) is 0 Å². The number of nitrogens with zero attached hydrogens (tertiary/aromatic N) is 1. The van der Waals surface area contributed by atoms with Crippen molar-refractivity contribution < 1.29 is 9.53 Å². The molecule has 0 bridgehead atoms. The van der Waals surface area contributed by atoms with Crippen LogP contribution in [-0.2, 0) is 0 Å². The van der Waals surface area contributed by atoms with E-state index in [-0.39, 0.29) is 0 Å². The highest BCUT2D eigenvalue weighted by Gasteiger charge is 2.19. The number of carbonyl (C=O) groups is 1. The molecule has 0 spiro atoms. The van der Waals surface area contributed by atoms with Crippen molar-refractivity contribution in [1.29, 1.82) is 0 Å². The normalized spacial score (nSPS) is 13.6. The van der Waals surface area contributed by atoms with Crippen molar-refractivity contribution in [2.24, 2.45) is 0 Å². The fraction of sp³-hybridized carbons (Fsp3) is 0.235. The zero-order chi connectivity index (χ0) is 14.5. The summed E-state index contributed by atoms with van der Waals surface area (Å²) in [5.74, 6) is 1.90. The molecule has 0 saturated heterocycles. The predicted molar refractivity (Wildman–Crippen MR) is 86.7 cm³/mol. The van der Waals surface area contributed by atoms with E-state index in [1.54, 1.807) is 11.8 Å². The summed E-state index contributed by atoms with van der Waals surface area (Å²) in [5.41, 5.74) is 1.93. The third-order valence-corrected chi connectivity index (χ3v) is 4.59. The van der Waals surface area contributed by atoms with Crippen molar-refractivity contribution >= 4 is 23.7 Å². The van der Waals surface area contributed by atoms with E-state index >= 15 is 0 Å². The number of aldehydes is 1. The summed E-state index contributed by atoms with van der Waals surface area (Å²) >= 11 is 1.76. The van der Waals surface area contributed by atoms with Gasteiger partial charge >= 0.3 is 0 Å². The number of para-hydroxylation sites is 1. The Morgan fingerprint density at radius 2 is 2.00 bits per heavy atom. The molecule has 108 valence electrons. The zero-order valence-electron chi connectivity index (χ0n) is 11.7. The highest BCUT2D eigenvalue weighted by Crippen LogP contribution is 2.36. The summed E-state index contributed by atoms with van der Waals surface area (Å²) in [7, 11) is 0. The van der Waals surface area contributed by atoms with Gasteiger partial charge in [-0.3, -0.25) is 4.79 Å². The summed E-state index contributed by atoms with van der Waals surface area (Å²) in [6.07, 6.45) is 0.940. The maximum atomic E-state index is 11.1. The standard InChI is InChI=1S/C17H17NO2S/c19-13-14-5-4-8-16-17(14)21-12-10-18(16)9-11-20-15-6-2-1-3-7-15/h1-8,13H,9-12H2. The van der Waals surface area contributed by atoms with Crippen LogP contribution >= 0.6 is 11.8 Å². The fourth-order valence-corrected chi connectivity index (χ4v) is 3.59. The molecule has 0 saturated carbocycles. The van der Waals surface area contributed by atoms with Gasteiger partial charge in [0, 0.05) is 22.8 Å². The summed E-state index contributed by atoms with van der Waals surface area (Å²) in [6.45, 7) is 2.45.